The molecular weight excluding hydrogens is 194 g/mol. The summed E-state index contributed by atoms with van der Waals surface area (Å²) in [5, 5.41) is 0. The first kappa shape index (κ1) is 11.8. The third-order valence-corrected chi connectivity index (χ3v) is 2.32. The minimum absolute atomic E-state index is 0.0492. The molecule has 0 saturated carbocycles. The van der Waals surface area contributed by atoms with Gasteiger partial charge in [-0.15, -0.1) is 0 Å². The maximum atomic E-state index is 11.5. The highest BCUT2D eigenvalue weighted by Gasteiger charge is 2.16. The van der Waals surface area contributed by atoms with E-state index in [1.54, 1.807) is 20.1 Å². The SMILES string of the molecule is CCOC(=O)c1cc(C(C)OC)[nH]c1C. The molecule has 1 atom stereocenters. The fraction of sp³-hybridized carbons (Fsp3) is 0.545. The number of carbonyl (C=O) groups excluding carboxylic acids is 1. The zero-order valence-electron chi connectivity index (χ0n) is 9.59. The zero-order chi connectivity index (χ0) is 11.4. The molecule has 1 aromatic heterocycles. The molecule has 1 unspecified atom stereocenters. The van der Waals surface area contributed by atoms with Crippen LogP contribution >= 0.6 is 0 Å². The van der Waals surface area contributed by atoms with Crippen molar-refractivity contribution in [2.45, 2.75) is 26.9 Å². The summed E-state index contributed by atoms with van der Waals surface area (Å²) in [7, 11) is 1.63. The zero-order valence-corrected chi connectivity index (χ0v) is 9.59. The molecule has 0 fully saturated rings. The Morgan fingerprint density at radius 3 is 2.80 bits per heavy atom. The predicted molar refractivity (Wildman–Crippen MR) is 56.9 cm³/mol. The number of ether oxygens (including phenoxy) is 2. The van der Waals surface area contributed by atoms with Crippen molar-refractivity contribution in [2.24, 2.45) is 0 Å². The number of aryl methyl sites for hydroxylation is 1. The molecule has 1 rings (SSSR count). The highest BCUT2D eigenvalue weighted by Crippen LogP contribution is 2.19. The van der Waals surface area contributed by atoms with Gasteiger partial charge in [0, 0.05) is 18.5 Å². The van der Waals surface area contributed by atoms with Crippen LogP contribution in [0.5, 0.6) is 0 Å². The van der Waals surface area contributed by atoms with Gasteiger partial charge in [-0.05, 0) is 26.8 Å². The van der Waals surface area contributed by atoms with Gasteiger partial charge in [-0.25, -0.2) is 4.79 Å². The molecule has 0 spiro atoms. The second kappa shape index (κ2) is 4.98. The van der Waals surface area contributed by atoms with Crippen LogP contribution < -0.4 is 0 Å². The van der Waals surface area contributed by atoms with E-state index in [-0.39, 0.29) is 12.1 Å². The predicted octanol–water partition coefficient (Wildman–Crippen LogP) is 2.21. The Balaban J connectivity index is 2.90. The van der Waals surface area contributed by atoms with Crippen molar-refractivity contribution in [3.63, 3.8) is 0 Å². The highest BCUT2D eigenvalue weighted by molar-refractivity contribution is 5.91. The second-order valence-electron chi connectivity index (χ2n) is 3.36. The van der Waals surface area contributed by atoms with Gasteiger partial charge in [0.1, 0.15) is 0 Å². The standard InChI is InChI=1S/C11H17NO3/c1-5-15-11(13)9-6-10(8(3)14-4)12-7(9)2/h6,8,12H,5H2,1-4H3. The monoisotopic (exact) mass is 211 g/mol. The van der Waals surface area contributed by atoms with Crippen LogP contribution in [0.25, 0.3) is 0 Å². The molecule has 4 nitrogen and oxygen atoms in total. The third kappa shape index (κ3) is 2.59. The fourth-order valence-electron chi connectivity index (χ4n) is 1.35. The average molecular weight is 211 g/mol. The molecular formula is C11H17NO3. The first-order valence-corrected chi connectivity index (χ1v) is 4.99. The van der Waals surface area contributed by atoms with Crippen LogP contribution in [0.2, 0.25) is 0 Å². The Kier molecular flexibility index (Phi) is 3.91. The van der Waals surface area contributed by atoms with Gasteiger partial charge in [-0.2, -0.15) is 0 Å². The number of methoxy groups -OCH3 is 1. The molecule has 1 aromatic rings. The lowest BCUT2D eigenvalue weighted by Gasteiger charge is -2.05. The van der Waals surface area contributed by atoms with Gasteiger partial charge in [-0.3, -0.25) is 0 Å². The van der Waals surface area contributed by atoms with E-state index in [4.69, 9.17) is 9.47 Å². The van der Waals surface area contributed by atoms with Crippen LogP contribution in [0.4, 0.5) is 0 Å². The molecule has 0 aliphatic heterocycles. The topological polar surface area (TPSA) is 51.3 Å². The summed E-state index contributed by atoms with van der Waals surface area (Å²) in [4.78, 5) is 14.6. The van der Waals surface area contributed by atoms with Gasteiger partial charge in [0.15, 0.2) is 0 Å². The molecule has 0 aliphatic carbocycles. The Labute approximate surface area is 89.6 Å². The molecule has 0 aromatic carbocycles. The van der Waals surface area contributed by atoms with Crippen LogP contribution in [0.1, 0.15) is 41.7 Å². The number of aromatic nitrogens is 1. The number of H-pyrrole nitrogens is 1. The smallest absolute Gasteiger partial charge is 0.339 e. The summed E-state index contributed by atoms with van der Waals surface area (Å²) >= 11 is 0. The molecule has 0 amide bonds. The highest BCUT2D eigenvalue weighted by atomic mass is 16.5. The van der Waals surface area contributed by atoms with E-state index in [1.807, 2.05) is 13.8 Å². The van der Waals surface area contributed by atoms with Crippen molar-refractivity contribution in [3.05, 3.63) is 23.0 Å². The van der Waals surface area contributed by atoms with E-state index in [9.17, 15) is 4.79 Å². The van der Waals surface area contributed by atoms with Crippen LogP contribution in [0.15, 0.2) is 6.07 Å². The second-order valence-corrected chi connectivity index (χ2v) is 3.36. The van der Waals surface area contributed by atoms with Crippen LogP contribution in [0, 0.1) is 6.92 Å². The summed E-state index contributed by atoms with van der Waals surface area (Å²) < 4.78 is 10.1. The van der Waals surface area contributed by atoms with E-state index in [0.717, 1.165) is 11.4 Å². The molecule has 0 bridgehead atoms. The Morgan fingerprint density at radius 1 is 1.60 bits per heavy atom. The van der Waals surface area contributed by atoms with Crippen molar-refractivity contribution in [2.75, 3.05) is 13.7 Å². The van der Waals surface area contributed by atoms with E-state index in [1.165, 1.54) is 0 Å². The van der Waals surface area contributed by atoms with Crippen molar-refractivity contribution >= 4 is 5.97 Å². The first-order chi connectivity index (χ1) is 7.10. The van der Waals surface area contributed by atoms with Gasteiger partial charge in [0.05, 0.1) is 18.3 Å². The van der Waals surface area contributed by atoms with Gasteiger partial charge in [-0.1, -0.05) is 0 Å². The first-order valence-electron chi connectivity index (χ1n) is 4.99. The quantitative estimate of drug-likeness (QED) is 0.777. The van der Waals surface area contributed by atoms with Gasteiger partial charge in [0.25, 0.3) is 0 Å². The molecule has 0 saturated heterocycles. The van der Waals surface area contributed by atoms with Crippen LogP contribution in [-0.4, -0.2) is 24.7 Å². The van der Waals surface area contributed by atoms with Crippen LogP contribution in [0.3, 0.4) is 0 Å². The Bertz CT molecular complexity index is 344. The third-order valence-electron chi connectivity index (χ3n) is 2.32. The summed E-state index contributed by atoms with van der Waals surface area (Å²) in [6, 6.07) is 1.78. The molecule has 84 valence electrons. The number of carbonyl (C=O) groups is 1. The van der Waals surface area contributed by atoms with Gasteiger partial charge < -0.3 is 14.5 Å². The van der Waals surface area contributed by atoms with E-state index in [2.05, 4.69) is 4.98 Å². The lowest BCUT2D eigenvalue weighted by molar-refractivity contribution is 0.0525. The van der Waals surface area contributed by atoms with E-state index < -0.39 is 0 Å². The minimum atomic E-state index is -0.291. The number of nitrogens with one attached hydrogen (secondary N) is 1. The Morgan fingerprint density at radius 2 is 2.27 bits per heavy atom. The lowest BCUT2D eigenvalue weighted by atomic mass is 10.2. The lowest BCUT2D eigenvalue weighted by Crippen LogP contribution is -2.04. The van der Waals surface area contributed by atoms with Crippen molar-refractivity contribution in [3.8, 4) is 0 Å². The molecule has 0 aliphatic rings. The Hall–Kier alpha value is -1.29. The normalized spacial score (nSPS) is 12.5. The fourth-order valence-corrected chi connectivity index (χ4v) is 1.35. The number of hydrogen-bond acceptors (Lipinski definition) is 3. The largest absolute Gasteiger partial charge is 0.462 e. The minimum Gasteiger partial charge on any atom is -0.462 e. The molecule has 15 heavy (non-hydrogen) atoms. The summed E-state index contributed by atoms with van der Waals surface area (Å²) in [5.74, 6) is -0.291. The number of rotatable bonds is 4. The number of esters is 1. The molecule has 0 radical (unpaired) electrons. The van der Waals surface area contributed by atoms with E-state index >= 15 is 0 Å². The average Bonchev–Trinajstić information content (AvgIpc) is 2.59. The van der Waals surface area contributed by atoms with Crippen molar-refractivity contribution < 1.29 is 14.3 Å². The molecule has 1 heterocycles. The van der Waals surface area contributed by atoms with E-state index in [0.29, 0.717) is 12.2 Å². The van der Waals surface area contributed by atoms with Crippen molar-refractivity contribution in [1.29, 1.82) is 0 Å². The maximum absolute atomic E-state index is 11.5. The maximum Gasteiger partial charge on any atom is 0.339 e. The van der Waals surface area contributed by atoms with Gasteiger partial charge >= 0.3 is 5.97 Å². The van der Waals surface area contributed by atoms with Crippen molar-refractivity contribution in [1.82, 2.24) is 4.98 Å². The van der Waals surface area contributed by atoms with Gasteiger partial charge in [0.2, 0.25) is 0 Å². The van der Waals surface area contributed by atoms with Crippen LogP contribution in [-0.2, 0) is 9.47 Å². The number of hydrogen-bond donors (Lipinski definition) is 1. The molecule has 1 N–H and O–H groups in total. The summed E-state index contributed by atoms with van der Waals surface area (Å²) in [6.07, 6.45) is -0.0492. The molecule has 4 heteroatoms. The number of aromatic amines is 1. The summed E-state index contributed by atoms with van der Waals surface area (Å²) in [6.45, 7) is 5.94. The summed E-state index contributed by atoms with van der Waals surface area (Å²) in [5.41, 5.74) is 2.28.